The van der Waals surface area contributed by atoms with E-state index in [2.05, 4.69) is 11.1 Å². The maximum absolute atomic E-state index is 12.9. The van der Waals surface area contributed by atoms with Gasteiger partial charge in [0.15, 0.2) is 5.69 Å². The molecule has 0 saturated carbocycles. The molecule has 20 heavy (non-hydrogen) atoms. The molecule has 0 saturated heterocycles. The Labute approximate surface area is 115 Å². The van der Waals surface area contributed by atoms with Crippen LogP contribution in [0.4, 0.5) is 4.39 Å². The molecule has 0 aliphatic carbocycles. The molecule has 0 aliphatic rings. The maximum atomic E-state index is 12.9. The Balaban J connectivity index is 1.88. The van der Waals surface area contributed by atoms with Crippen LogP contribution in [0, 0.1) is 17.1 Å². The second-order valence-electron chi connectivity index (χ2n) is 4.57. The zero-order chi connectivity index (χ0) is 13.9. The first-order valence-corrected chi connectivity index (χ1v) is 6.38. The normalized spacial score (nSPS) is 10.6. The fraction of sp³-hybridized carbons (Fsp3) is 0.125. The molecule has 0 N–H and O–H groups in total. The van der Waals surface area contributed by atoms with Crippen molar-refractivity contribution in [2.75, 3.05) is 0 Å². The first kappa shape index (κ1) is 12.4. The van der Waals surface area contributed by atoms with Crippen molar-refractivity contribution in [2.24, 2.45) is 0 Å². The van der Waals surface area contributed by atoms with E-state index in [1.165, 1.54) is 12.1 Å². The lowest BCUT2D eigenvalue weighted by atomic mass is 10.1. The highest BCUT2D eigenvalue weighted by molar-refractivity contribution is 5.58. The molecule has 0 fully saturated rings. The third-order valence-electron chi connectivity index (χ3n) is 3.28. The van der Waals surface area contributed by atoms with Crippen LogP contribution in [0.15, 0.2) is 48.7 Å². The number of hydrogen-bond acceptors (Lipinski definition) is 2. The lowest BCUT2D eigenvalue weighted by Crippen LogP contribution is -1.97. The number of pyridine rings is 1. The van der Waals surface area contributed by atoms with Crippen molar-refractivity contribution in [3.63, 3.8) is 0 Å². The van der Waals surface area contributed by atoms with Gasteiger partial charge in [-0.1, -0.05) is 18.2 Å². The minimum absolute atomic E-state index is 0.230. The number of benzene rings is 1. The molecule has 0 bridgehead atoms. The standard InChI is InChI=1S/C16H12FN3/c17-13-7-4-12(5-8-13)6-9-16-19-14(11-18)15-3-1-2-10-20(15)16/h1-5,7-8,10H,6,9H2. The van der Waals surface area contributed by atoms with Crippen LogP contribution in [0.3, 0.4) is 0 Å². The molecule has 0 aliphatic heterocycles. The predicted molar refractivity (Wildman–Crippen MR) is 73.7 cm³/mol. The van der Waals surface area contributed by atoms with E-state index in [0.29, 0.717) is 12.1 Å². The molecule has 0 unspecified atom stereocenters. The van der Waals surface area contributed by atoms with Crippen LogP contribution in [0.5, 0.6) is 0 Å². The molecule has 0 spiro atoms. The SMILES string of the molecule is N#Cc1nc(CCc2ccc(F)cc2)n2ccccc12. The molecule has 98 valence electrons. The van der Waals surface area contributed by atoms with Crippen LogP contribution in [0.2, 0.25) is 0 Å². The lowest BCUT2D eigenvalue weighted by molar-refractivity contribution is 0.627. The summed E-state index contributed by atoms with van der Waals surface area (Å²) in [5.41, 5.74) is 2.32. The number of halogens is 1. The molecule has 3 rings (SSSR count). The van der Waals surface area contributed by atoms with Crippen molar-refractivity contribution < 1.29 is 4.39 Å². The van der Waals surface area contributed by atoms with Crippen LogP contribution in [-0.4, -0.2) is 9.38 Å². The summed E-state index contributed by atoms with van der Waals surface area (Å²) < 4.78 is 14.8. The van der Waals surface area contributed by atoms with Crippen LogP contribution in [-0.2, 0) is 12.8 Å². The molecular formula is C16H12FN3. The van der Waals surface area contributed by atoms with Crippen LogP contribution in [0.25, 0.3) is 5.52 Å². The van der Waals surface area contributed by atoms with Gasteiger partial charge in [-0.3, -0.25) is 0 Å². The highest BCUT2D eigenvalue weighted by atomic mass is 19.1. The second-order valence-corrected chi connectivity index (χ2v) is 4.57. The molecule has 2 heterocycles. The lowest BCUT2D eigenvalue weighted by Gasteiger charge is -2.02. The molecular weight excluding hydrogens is 253 g/mol. The molecule has 0 atom stereocenters. The Bertz CT molecular complexity index is 782. The number of imidazole rings is 1. The zero-order valence-electron chi connectivity index (χ0n) is 10.8. The molecule has 3 aromatic rings. The van der Waals surface area contributed by atoms with E-state index < -0.39 is 0 Å². The van der Waals surface area contributed by atoms with Gasteiger partial charge < -0.3 is 4.40 Å². The molecule has 0 amide bonds. The fourth-order valence-electron chi connectivity index (χ4n) is 2.27. The quantitative estimate of drug-likeness (QED) is 0.730. The second kappa shape index (κ2) is 5.14. The molecule has 3 nitrogen and oxygen atoms in total. The third kappa shape index (κ3) is 2.26. The fourth-order valence-corrected chi connectivity index (χ4v) is 2.27. The summed E-state index contributed by atoms with van der Waals surface area (Å²) >= 11 is 0. The van der Waals surface area contributed by atoms with E-state index in [4.69, 9.17) is 5.26 Å². The number of nitriles is 1. The van der Waals surface area contributed by atoms with Gasteiger partial charge >= 0.3 is 0 Å². The van der Waals surface area contributed by atoms with E-state index >= 15 is 0 Å². The van der Waals surface area contributed by atoms with Gasteiger partial charge in [0, 0.05) is 12.6 Å². The Morgan fingerprint density at radius 2 is 1.90 bits per heavy atom. The largest absolute Gasteiger partial charge is 0.302 e. The Morgan fingerprint density at radius 1 is 1.10 bits per heavy atom. The Morgan fingerprint density at radius 3 is 2.65 bits per heavy atom. The van der Waals surface area contributed by atoms with Crippen molar-refractivity contribution >= 4 is 5.52 Å². The van der Waals surface area contributed by atoms with E-state index in [-0.39, 0.29) is 5.82 Å². The average Bonchev–Trinajstić information content (AvgIpc) is 2.85. The number of nitrogens with zero attached hydrogens (tertiary/aromatic N) is 3. The van der Waals surface area contributed by atoms with Gasteiger partial charge in [0.25, 0.3) is 0 Å². The minimum atomic E-state index is -0.230. The van der Waals surface area contributed by atoms with Crippen molar-refractivity contribution in [2.45, 2.75) is 12.8 Å². The van der Waals surface area contributed by atoms with E-state index in [1.807, 2.05) is 28.8 Å². The van der Waals surface area contributed by atoms with Crippen LogP contribution in [0.1, 0.15) is 17.1 Å². The topological polar surface area (TPSA) is 41.1 Å². The number of rotatable bonds is 3. The number of fused-ring (bicyclic) bond motifs is 1. The van der Waals surface area contributed by atoms with Crippen molar-refractivity contribution in [3.8, 4) is 6.07 Å². The van der Waals surface area contributed by atoms with Gasteiger partial charge in [0.1, 0.15) is 17.7 Å². The van der Waals surface area contributed by atoms with Gasteiger partial charge in [-0.15, -0.1) is 0 Å². The molecule has 4 heteroatoms. The summed E-state index contributed by atoms with van der Waals surface area (Å²) in [5.74, 6) is 0.619. The van der Waals surface area contributed by atoms with Gasteiger partial charge in [0.05, 0.1) is 5.52 Å². The van der Waals surface area contributed by atoms with Crippen molar-refractivity contribution in [1.29, 1.82) is 5.26 Å². The van der Waals surface area contributed by atoms with Crippen molar-refractivity contribution in [1.82, 2.24) is 9.38 Å². The molecule has 0 radical (unpaired) electrons. The first-order valence-electron chi connectivity index (χ1n) is 6.38. The summed E-state index contributed by atoms with van der Waals surface area (Å²) in [6.07, 6.45) is 3.38. The Hall–Kier alpha value is -2.67. The van der Waals surface area contributed by atoms with Gasteiger partial charge in [-0.2, -0.15) is 5.26 Å². The first-order chi connectivity index (χ1) is 9.78. The van der Waals surface area contributed by atoms with Crippen LogP contribution < -0.4 is 0 Å². The highest BCUT2D eigenvalue weighted by Gasteiger charge is 2.09. The van der Waals surface area contributed by atoms with E-state index in [0.717, 1.165) is 23.3 Å². The third-order valence-corrected chi connectivity index (χ3v) is 3.28. The minimum Gasteiger partial charge on any atom is -0.302 e. The van der Waals surface area contributed by atoms with Gasteiger partial charge in [0.2, 0.25) is 0 Å². The summed E-state index contributed by atoms with van der Waals surface area (Å²) in [5, 5.41) is 9.10. The number of aromatic nitrogens is 2. The van der Waals surface area contributed by atoms with Crippen LogP contribution >= 0.6 is 0 Å². The number of aryl methyl sites for hydroxylation is 2. The molecule has 1 aromatic carbocycles. The maximum Gasteiger partial charge on any atom is 0.166 e. The Kier molecular flexibility index (Phi) is 3.18. The monoisotopic (exact) mass is 265 g/mol. The summed E-state index contributed by atoms with van der Waals surface area (Å²) in [6.45, 7) is 0. The zero-order valence-corrected chi connectivity index (χ0v) is 10.8. The summed E-state index contributed by atoms with van der Waals surface area (Å²) in [7, 11) is 0. The summed E-state index contributed by atoms with van der Waals surface area (Å²) in [6, 6.07) is 14.3. The average molecular weight is 265 g/mol. The molecule has 2 aromatic heterocycles. The number of hydrogen-bond donors (Lipinski definition) is 0. The predicted octanol–water partition coefficient (Wildman–Crippen LogP) is 3.13. The van der Waals surface area contributed by atoms with E-state index in [9.17, 15) is 4.39 Å². The van der Waals surface area contributed by atoms with Gasteiger partial charge in [-0.05, 0) is 36.2 Å². The summed E-state index contributed by atoms with van der Waals surface area (Å²) in [4.78, 5) is 4.37. The van der Waals surface area contributed by atoms with Crippen molar-refractivity contribution in [3.05, 3.63) is 71.6 Å². The highest BCUT2D eigenvalue weighted by Crippen LogP contribution is 2.14. The van der Waals surface area contributed by atoms with Gasteiger partial charge in [-0.25, -0.2) is 9.37 Å². The van der Waals surface area contributed by atoms with E-state index in [1.54, 1.807) is 12.1 Å². The smallest absolute Gasteiger partial charge is 0.166 e.